The van der Waals surface area contributed by atoms with Gasteiger partial charge in [-0.3, -0.25) is 4.79 Å². The van der Waals surface area contributed by atoms with E-state index in [1.165, 1.54) is 19.2 Å². The number of carbonyl (C=O) groups excluding carboxylic acids is 1. The Bertz CT molecular complexity index is 1110. The number of anilines is 1. The number of carbonyl (C=O) groups is 1. The molecule has 1 heterocycles. The van der Waals surface area contributed by atoms with Crippen molar-refractivity contribution in [1.82, 2.24) is 10.0 Å². The van der Waals surface area contributed by atoms with Crippen LogP contribution in [-0.4, -0.2) is 52.4 Å². The van der Waals surface area contributed by atoms with Gasteiger partial charge in [-0.1, -0.05) is 17.7 Å². The van der Waals surface area contributed by atoms with Crippen molar-refractivity contribution in [3.8, 4) is 11.5 Å². The molecule has 0 spiro atoms. The summed E-state index contributed by atoms with van der Waals surface area (Å²) in [5.74, 6) is 0.745. The number of hydrogen-bond acceptors (Lipinski definition) is 7. The number of ether oxygens (including phenoxy) is 3. The van der Waals surface area contributed by atoms with E-state index in [0.717, 1.165) is 11.3 Å². The molecule has 0 saturated heterocycles. The summed E-state index contributed by atoms with van der Waals surface area (Å²) in [5.41, 5.74) is 1.72. The average molecular weight is 508 g/mol. The zero-order chi connectivity index (χ0) is 24.6. The number of benzene rings is 2. The number of rotatable bonds is 10. The van der Waals surface area contributed by atoms with Crippen molar-refractivity contribution in [3.63, 3.8) is 0 Å². The van der Waals surface area contributed by atoms with Crippen LogP contribution in [0.3, 0.4) is 0 Å². The van der Waals surface area contributed by atoms with Gasteiger partial charge in [-0.2, -0.15) is 4.72 Å². The highest BCUT2D eigenvalue weighted by atomic mass is 32.2. The Kier molecular flexibility index (Phi) is 9.08. The molecule has 1 aliphatic heterocycles. The van der Waals surface area contributed by atoms with Crippen molar-refractivity contribution >= 4 is 39.0 Å². The molecular formula is C23H29N3O6S2. The number of fused-ring (bicyclic) bond motifs is 1. The van der Waals surface area contributed by atoms with Gasteiger partial charge in [-0.05, 0) is 62.7 Å². The molecule has 1 unspecified atom stereocenters. The zero-order valence-electron chi connectivity index (χ0n) is 19.1. The molecule has 0 aromatic heterocycles. The fourth-order valence-electron chi connectivity index (χ4n) is 3.31. The van der Waals surface area contributed by atoms with Gasteiger partial charge in [-0.25, -0.2) is 8.42 Å². The molecule has 34 heavy (non-hydrogen) atoms. The second kappa shape index (κ2) is 12.0. The zero-order valence-corrected chi connectivity index (χ0v) is 20.8. The van der Waals surface area contributed by atoms with Gasteiger partial charge in [-0.15, -0.1) is 0 Å². The lowest BCUT2D eigenvalue weighted by atomic mass is 10.1. The van der Waals surface area contributed by atoms with Crippen molar-refractivity contribution in [1.29, 1.82) is 0 Å². The van der Waals surface area contributed by atoms with E-state index in [1.54, 1.807) is 12.1 Å². The second-order valence-corrected chi connectivity index (χ2v) is 9.87. The van der Waals surface area contributed by atoms with Gasteiger partial charge < -0.3 is 24.8 Å². The third kappa shape index (κ3) is 7.31. The third-order valence-corrected chi connectivity index (χ3v) is 6.85. The second-order valence-electron chi connectivity index (χ2n) is 7.75. The standard InChI is InChI=1S/C23H29N3O6S2/c1-16-6-9-18(10-7-16)34(28,29)26-19(22(27)30-2)5-3-4-12-24-23(33)25-17-8-11-20-21(15-17)32-14-13-31-20/h6-11,15,19,26H,3-5,12-14H2,1-2H3,(H2,24,25,33). The van der Waals surface area contributed by atoms with E-state index >= 15 is 0 Å². The van der Waals surface area contributed by atoms with Crippen molar-refractivity contribution in [2.24, 2.45) is 0 Å². The molecule has 1 atom stereocenters. The molecule has 0 radical (unpaired) electrons. The van der Waals surface area contributed by atoms with E-state index in [9.17, 15) is 13.2 Å². The van der Waals surface area contributed by atoms with E-state index < -0.39 is 22.0 Å². The molecule has 1 aliphatic rings. The third-order valence-electron chi connectivity index (χ3n) is 5.12. The normalized spacial score (nSPS) is 13.6. The van der Waals surface area contributed by atoms with Crippen molar-refractivity contribution < 1.29 is 27.4 Å². The fraction of sp³-hybridized carbons (Fsp3) is 0.391. The SMILES string of the molecule is COC(=O)C(CCCCNC(=S)Nc1ccc2c(c1)OCCO2)NS(=O)(=O)c1ccc(C)cc1. The van der Waals surface area contributed by atoms with Gasteiger partial charge >= 0.3 is 5.97 Å². The molecular weight excluding hydrogens is 478 g/mol. The molecule has 3 N–H and O–H groups in total. The van der Waals surface area contributed by atoms with Gasteiger partial charge in [0.15, 0.2) is 16.6 Å². The molecule has 0 fully saturated rings. The molecule has 0 aliphatic carbocycles. The first-order valence-corrected chi connectivity index (χ1v) is 12.8. The number of unbranched alkanes of at least 4 members (excludes halogenated alkanes) is 1. The minimum absolute atomic E-state index is 0.101. The smallest absolute Gasteiger partial charge is 0.323 e. The number of aryl methyl sites for hydroxylation is 1. The molecule has 2 aromatic rings. The Morgan fingerprint density at radius 1 is 1.09 bits per heavy atom. The van der Waals surface area contributed by atoms with Crippen LogP contribution in [0.5, 0.6) is 11.5 Å². The summed E-state index contributed by atoms with van der Waals surface area (Å²) in [5, 5.41) is 6.64. The summed E-state index contributed by atoms with van der Waals surface area (Å²) in [6.07, 6.45) is 1.54. The van der Waals surface area contributed by atoms with Crippen LogP contribution >= 0.6 is 12.2 Å². The van der Waals surface area contributed by atoms with E-state index in [1.807, 2.05) is 25.1 Å². The van der Waals surface area contributed by atoms with Crippen molar-refractivity contribution in [3.05, 3.63) is 48.0 Å². The minimum atomic E-state index is -3.85. The Morgan fingerprint density at radius 2 is 1.79 bits per heavy atom. The molecule has 0 saturated carbocycles. The van der Waals surface area contributed by atoms with Crippen LogP contribution in [0.1, 0.15) is 24.8 Å². The van der Waals surface area contributed by atoms with E-state index in [2.05, 4.69) is 15.4 Å². The number of esters is 1. The predicted molar refractivity (Wildman–Crippen MR) is 133 cm³/mol. The molecule has 0 amide bonds. The minimum Gasteiger partial charge on any atom is -0.486 e. The lowest BCUT2D eigenvalue weighted by Gasteiger charge is -2.19. The van der Waals surface area contributed by atoms with Crippen LogP contribution in [0.2, 0.25) is 0 Å². The summed E-state index contributed by atoms with van der Waals surface area (Å²) < 4.78 is 43.6. The number of sulfonamides is 1. The Hall–Kier alpha value is -2.89. The highest BCUT2D eigenvalue weighted by Crippen LogP contribution is 2.32. The lowest BCUT2D eigenvalue weighted by molar-refractivity contribution is -0.142. The highest BCUT2D eigenvalue weighted by Gasteiger charge is 2.26. The van der Waals surface area contributed by atoms with Gasteiger partial charge in [0.2, 0.25) is 10.0 Å². The van der Waals surface area contributed by atoms with E-state index in [4.69, 9.17) is 26.4 Å². The summed E-state index contributed by atoms with van der Waals surface area (Å²) in [6, 6.07) is 10.9. The van der Waals surface area contributed by atoms with Gasteiger partial charge in [0.25, 0.3) is 0 Å². The molecule has 184 valence electrons. The molecule has 11 heteroatoms. The first kappa shape index (κ1) is 25.7. The van der Waals surface area contributed by atoms with Gasteiger partial charge in [0, 0.05) is 18.3 Å². The first-order valence-electron chi connectivity index (χ1n) is 10.9. The van der Waals surface area contributed by atoms with Crippen LogP contribution < -0.4 is 24.8 Å². The number of hydrogen-bond donors (Lipinski definition) is 3. The maximum atomic E-state index is 12.6. The van der Waals surface area contributed by atoms with Crippen LogP contribution in [0, 0.1) is 6.92 Å². The molecule has 9 nitrogen and oxygen atoms in total. The van der Waals surface area contributed by atoms with Crippen LogP contribution in [0.15, 0.2) is 47.4 Å². The Balaban J connectivity index is 1.44. The topological polar surface area (TPSA) is 115 Å². The van der Waals surface area contributed by atoms with E-state index in [-0.39, 0.29) is 4.90 Å². The molecule has 0 bridgehead atoms. The largest absolute Gasteiger partial charge is 0.486 e. The monoisotopic (exact) mass is 507 g/mol. The maximum absolute atomic E-state index is 12.6. The van der Waals surface area contributed by atoms with Crippen molar-refractivity contribution in [2.45, 2.75) is 37.1 Å². The summed E-state index contributed by atoms with van der Waals surface area (Å²) in [4.78, 5) is 12.2. The van der Waals surface area contributed by atoms with Gasteiger partial charge in [0.1, 0.15) is 19.3 Å². The van der Waals surface area contributed by atoms with Crippen LogP contribution in [0.25, 0.3) is 0 Å². The summed E-state index contributed by atoms with van der Waals surface area (Å²) in [6.45, 7) is 3.46. The average Bonchev–Trinajstić information content (AvgIpc) is 2.82. The fourth-order valence-corrected chi connectivity index (χ4v) is 4.75. The first-order chi connectivity index (χ1) is 16.3. The van der Waals surface area contributed by atoms with Gasteiger partial charge in [0.05, 0.1) is 12.0 Å². The van der Waals surface area contributed by atoms with Crippen LogP contribution in [0.4, 0.5) is 5.69 Å². The molecule has 2 aromatic carbocycles. The lowest BCUT2D eigenvalue weighted by Crippen LogP contribution is -2.41. The molecule has 3 rings (SSSR count). The maximum Gasteiger partial charge on any atom is 0.323 e. The van der Waals surface area contributed by atoms with Crippen molar-refractivity contribution in [2.75, 3.05) is 32.2 Å². The quantitative estimate of drug-likeness (QED) is 0.254. The number of thiocarbonyl (C=S) groups is 1. The summed E-state index contributed by atoms with van der Waals surface area (Å²) >= 11 is 5.33. The predicted octanol–water partition coefficient (Wildman–Crippen LogP) is 2.74. The summed E-state index contributed by atoms with van der Waals surface area (Å²) in [7, 11) is -2.61. The van der Waals surface area contributed by atoms with E-state index in [0.29, 0.717) is 55.6 Å². The van der Waals surface area contributed by atoms with Crippen LogP contribution in [-0.2, 0) is 19.6 Å². The number of nitrogens with one attached hydrogen (secondary N) is 3. The number of methoxy groups -OCH3 is 1. The highest BCUT2D eigenvalue weighted by molar-refractivity contribution is 7.89. The Labute approximate surface area is 205 Å². The Morgan fingerprint density at radius 3 is 2.50 bits per heavy atom.